The third-order valence-corrected chi connectivity index (χ3v) is 6.06. The van der Waals surface area contributed by atoms with Crippen LogP contribution >= 0.6 is 11.8 Å². The third kappa shape index (κ3) is 5.03. The van der Waals surface area contributed by atoms with E-state index in [1.54, 1.807) is 7.11 Å². The molecule has 146 valence electrons. The first-order valence-electron chi connectivity index (χ1n) is 9.60. The van der Waals surface area contributed by atoms with Crippen LogP contribution in [0.2, 0.25) is 0 Å². The predicted octanol–water partition coefficient (Wildman–Crippen LogP) is 3.76. The molecule has 0 spiro atoms. The fourth-order valence-electron chi connectivity index (χ4n) is 3.44. The zero-order valence-electron chi connectivity index (χ0n) is 16.3. The highest BCUT2D eigenvalue weighted by Gasteiger charge is 2.20. The molecule has 3 rings (SSSR count). The van der Waals surface area contributed by atoms with Gasteiger partial charge in [-0.1, -0.05) is 18.7 Å². The quantitative estimate of drug-likeness (QED) is 0.732. The standard InChI is InChI=1S/C20H28N4O2S/c1-4-24-19(15-7-11-17(26-3)12-8-15)22-23-20(24)27-13-18(25)21-16-9-5-14(2)6-10-16/h7-8,11-12,14,16H,4-6,9-10,13H2,1-3H3,(H,21,25). The van der Waals surface area contributed by atoms with Gasteiger partial charge < -0.3 is 14.6 Å². The van der Waals surface area contributed by atoms with Gasteiger partial charge in [-0.05, 0) is 62.8 Å². The summed E-state index contributed by atoms with van der Waals surface area (Å²) in [6.45, 7) is 5.09. The molecule has 1 aromatic heterocycles. The van der Waals surface area contributed by atoms with Gasteiger partial charge in [-0.3, -0.25) is 4.79 Å². The second kappa shape index (κ2) is 9.26. The number of aromatic nitrogens is 3. The van der Waals surface area contributed by atoms with Crippen LogP contribution in [0, 0.1) is 5.92 Å². The number of nitrogens with one attached hydrogen (secondary N) is 1. The van der Waals surface area contributed by atoms with E-state index in [0.29, 0.717) is 11.8 Å². The molecule has 1 saturated carbocycles. The van der Waals surface area contributed by atoms with Crippen LogP contribution in [0.25, 0.3) is 11.4 Å². The first-order valence-corrected chi connectivity index (χ1v) is 10.6. The zero-order valence-corrected chi connectivity index (χ0v) is 17.1. The van der Waals surface area contributed by atoms with Crippen molar-refractivity contribution in [3.8, 4) is 17.1 Å². The van der Waals surface area contributed by atoms with Gasteiger partial charge in [0.1, 0.15) is 5.75 Å². The van der Waals surface area contributed by atoms with Crippen molar-refractivity contribution in [1.82, 2.24) is 20.1 Å². The van der Waals surface area contributed by atoms with E-state index in [2.05, 4.69) is 29.4 Å². The Bertz CT molecular complexity index is 752. The first-order chi connectivity index (χ1) is 13.1. The van der Waals surface area contributed by atoms with Crippen LogP contribution in [0.1, 0.15) is 39.5 Å². The topological polar surface area (TPSA) is 69.0 Å². The number of hydrogen-bond donors (Lipinski definition) is 1. The zero-order chi connectivity index (χ0) is 19.2. The van der Waals surface area contributed by atoms with Crippen LogP contribution in [0.15, 0.2) is 29.4 Å². The minimum absolute atomic E-state index is 0.0798. The summed E-state index contributed by atoms with van der Waals surface area (Å²) < 4.78 is 7.25. The van der Waals surface area contributed by atoms with Crippen LogP contribution in [-0.2, 0) is 11.3 Å². The Kier molecular flexibility index (Phi) is 6.77. The van der Waals surface area contributed by atoms with Crippen molar-refractivity contribution in [2.24, 2.45) is 5.92 Å². The van der Waals surface area contributed by atoms with Gasteiger partial charge in [-0.15, -0.1) is 10.2 Å². The maximum absolute atomic E-state index is 12.3. The molecule has 1 fully saturated rings. The number of methoxy groups -OCH3 is 1. The number of benzene rings is 1. The minimum atomic E-state index is 0.0798. The average Bonchev–Trinajstić information content (AvgIpc) is 3.11. The lowest BCUT2D eigenvalue weighted by Gasteiger charge is -2.26. The van der Waals surface area contributed by atoms with Gasteiger partial charge in [0, 0.05) is 18.2 Å². The summed E-state index contributed by atoms with van der Waals surface area (Å²) >= 11 is 1.44. The fourth-order valence-corrected chi connectivity index (χ4v) is 4.25. The lowest BCUT2D eigenvalue weighted by molar-refractivity contribution is -0.119. The number of nitrogens with zero attached hydrogens (tertiary/aromatic N) is 3. The Morgan fingerprint density at radius 1 is 1.22 bits per heavy atom. The second-order valence-electron chi connectivity index (χ2n) is 7.09. The van der Waals surface area contributed by atoms with Gasteiger partial charge in [-0.2, -0.15) is 0 Å². The number of amides is 1. The Morgan fingerprint density at radius 2 is 1.93 bits per heavy atom. The summed E-state index contributed by atoms with van der Waals surface area (Å²) in [5.41, 5.74) is 0.984. The van der Waals surface area contributed by atoms with Gasteiger partial charge >= 0.3 is 0 Å². The number of hydrogen-bond acceptors (Lipinski definition) is 5. The molecule has 6 nitrogen and oxygen atoms in total. The molecule has 1 aromatic carbocycles. The summed E-state index contributed by atoms with van der Waals surface area (Å²) in [7, 11) is 1.65. The van der Waals surface area contributed by atoms with Crippen LogP contribution in [-0.4, -0.2) is 39.6 Å². The van der Waals surface area contributed by atoms with Gasteiger partial charge in [0.25, 0.3) is 0 Å². The van der Waals surface area contributed by atoms with Gasteiger partial charge in [-0.25, -0.2) is 0 Å². The highest BCUT2D eigenvalue weighted by atomic mass is 32.2. The van der Waals surface area contributed by atoms with Crippen molar-refractivity contribution in [2.45, 2.75) is 57.3 Å². The first kappa shape index (κ1) is 19.7. The van der Waals surface area contributed by atoms with Crippen molar-refractivity contribution in [3.63, 3.8) is 0 Å². The summed E-state index contributed by atoms with van der Waals surface area (Å²) in [6, 6.07) is 8.10. The maximum atomic E-state index is 12.3. The molecule has 0 aliphatic heterocycles. The van der Waals surface area contributed by atoms with Crippen molar-refractivity contribution in [3.05, 3.63) is 24.3 Å². The molecule has 1 heterocycles. The molecule has 0 unspecified atom stereocenters. The van der Waals surface area contributed by atoms with E-state index in [1.807, 2.05) is 28.8 Å². The minimum Gasteiger partial charge on any atom is -0.497 e. The van der Waals surface area contributed by atoms with Gasteiger partial charge in [0.2, 0.25) is 5.91 Å². The van der Waals surface area contributed by atoms with E-state index < -0.39 is 0 Å². The second-order valence-corrected chi connectivity index (χ2v) is 8.03. The lowest BCUT2D eigenvalue weighted by Crippen LogP contribution is -2.38. The molecule has 27 heavy (non-hydrogen) atoms. The SMILES string of the molecule is CCn1c(SCC(=O)NC2CCC(C)CC2)nnc1-c1ccc(OC)cc1. The smallest absolute Gasteiger partial charge is 0.230 e. The molecule has 7 heteroatoms. The van der Waals surface area contributed by atoms with E-state index in [9.17, 15) is 4.79 Å². The van der Waals surface area contributed by atoms with E-state index >= 15 is 0 Å². The summed E-state index contributed by atoms with van der Waals surface area (Å²) in [5, 5.41) is 12.6. The van der Waals surface area contributed by atoms with Crippen LogP contribution in [0.4, 0.5) is 0 Å². The molecule has 0 saturated heterocycles. The van der Waals surface area contributed by atoms with Crippen molar-refractivity contribution in [1.29, 1.82) is 0 Å². The Hall–Kier alpha value is -2.02. The molecule has 1 aliphatic rings. The van der Waals surface area contributed by atoms with Crippen molar-refractivity contribution in [2.75, 3.05) is 12.9 Å². The van der Waals surface area contributed by atoms with E-state index in [4.69, 9.17) is 4.74 Å². The number of ether oxygens (including phenoxy) is 1. The number of carbonyl (C=O) groups excluding carboxylic acids is 1. The maximum Gasteiger partial charge on any atom is 0.230 e. The molecule has 2 aromatic rings. The van der Waals surface area contributed by atoms with Crippen LogP contribution in [0.3, 0.4) is 0 Å². The molecule has 1 aliphatic carbocycles. The van der Waals surface area contributed by atoms with Crippen molar-refractivity contribution >= 4 is 17.7 Å². The number of thioether (sulfide) groups is 1. The lowest BCUT2D eigenvalue weighted by atomic mass is 9.87. The Balaban J connectivity index is 1.60. The van der Waals surface area contributed by atoms with E-state index in [1.165, 1.54) is 24.6 Å². The molecule has 1 N–H and O–H groups in total. The Labute approximate surface area is 165 Å². The van der Waals surface area contributed by atoms with Crippen LogP contribution in [0.5, 0.6) is 5.75 Å². The van der Waals surface area contributed by atoms with E-state index in [0.717, 1.165) is 47.6 Å². The fraction of sp³-hybridized carbons (Fsp3) is 0.550. The average molecular weight is 389 g/mol. The van der Waals surface area contributed by atoms with Gasteiger partial charge in [0.15, 0.2) is 11.0 Å². The molecular weight excluding hydrogens is 360 g/mol. The van der Waals surface area contributed by atoms with E-state index in [-0.39, 0.29) is 5.91 Å². The number of rotatable bonds is 7. The highest BCUT2D eigenvalue weighted by molar-refractivity contribution is 7.99. The monoisotopic (exact) mass is 388 g/mol. The molecular formula is C20H28N4O2S. The largest absolute Gasteiger partial charge is 0.497 e. The molecule has 0 radical (unpaired) electrons. The normalized spacial score (nSPS) is 19.7. The predicted molar refractivity (Wildman–Crippen MR) is 108 cm³/mol. The molecule has 1 amide bonds. The van der Waals surface area contributed by atoms with Crippen LogP contribution < -0.4 is 10.1 Å². The molecule has 0 bridgehead atoms. The third-order valence-electron chi connectivity index (χ3n) is 5.09. The molecule has 0 atom stereocenters. The highest BCUT2D eigenvalue weighted by Crippen LogP contribution is 2.26. The summed E-state index contributed by atoms with van der Waals surface area (Å²) in [5.74, 6) is 2.85. The summed E-state index contributed by atoms with van der Waals surface area (Å²) in [6.07, 6.45) is 4.58. The summed E-state index contributed by atoms with van der Waals surface area (Å²) in [4.78, 5) is 12.3. The number of carbonyl (C=O) groups is 1. The van der Waals surface area contributed by atoms with Gasteiger partial charge in [0.05, 0.1) is 12.9 Å². The Morgan fingerprint density at radius 3 is 2.56 bits per heavy atom. The van der Waals surface area contributed by atoms with Crippen molar-refractivity contribution < 1.29 is 9.53 Å².